The summed E-state index contributed by atoms with van der Waals surface area (Å²) < 4.78 is 11.2. The van der Waals surface area contributed by atoms with Crippen LogP contribution in [0, 0.1) is 28.6 Å². The van der Waals surface area contributed by atoms with Crippen molar-refractivity contribution in [1.82, 2.24) is 0 Å². The van der Waals surface area contributed by atoms with Crippen LogP contribution in [0.25, 0.3) is 0 Å². The smallest absolute Gasteiger partial charge is 0.306 e. The van der Waals surface area contributed by atoms with E-state index in [2.05, 4.69) is 0 Å². The molecule has 0 amide bonds. The summed E-state index contributed by atoms with van der Waals surface area (Å²) in [6.45, 7) is 8.40. The van der Waals surface area contributed by atoms with Gasteiger partial charge in [0.25, 0.3) is 0 Å². The fourth-order valence-corrected chi connectivity index (χ4v) is 8.68. The van der Waals surface area contributed by atoms with Crippen LogP contribution in [0.3, 0.4) is 0 Å². The molecule has 36 heavy (non-hydrogen) atoms. The first-order valence-electron chi connectivity index (χ1n) is 13.0. The van der Waals surface area contributed by atoms with E-state index in [0.29, 0.717) is 25.7 Å². The van der Waals surface area contributed by atoms with Crippen molar-refractivity contribution >= 4 is 35.1 Å². The molecule has 0 aromatic heterocycles. The lowest BCUT2D eigenvalue weighted by molar-refractivity contribution is -0.202. The molecule has 0 aromatic rings. The number of ether oxygens (including phenoxy) is 2. The minimum absolute atomic E-state index is 0.0806. The summed E-state index contributed by atoms with van der Waals surface area (Å²) in [5, 5.41) is 11.8. The van der Waals surface area contributed by atoms with Crippen LogP contribution in [0.5, 0.6) is 0 Å². The maximum Gasteiger partial charge on any atom is 0.306 e. The lowest BCUT2D eigenvalue weighted by Gasteiger charge is -2.64. The Balaban J connectivity index is 1.77. The SMILES string of the molecule is CCCC(=O)OCC(=O)[C@@]1(OC(C)=O)C(C)C[C@H]2[C@@H]3CCC4=CC(=O)C=C[C@]4(C)[C@@]3(Cl)C(O)C[C@@]21C. The van der Waals surface area contributed by atoms with Gasteiger partial charge in [0.15, 0.2) is 18.0 Å². The number of aliphatic hydroxyl groups excluding tert-OH is 1. The average molecular weight is 521 g/mol. The van der Waals surface area contributed by atoms with E-state index in [1.54, 1.807) is 6.08 Å². The van der Waals surface area contributed by atoms with Crippen LogP contribution in [-0.4, -0.2) is 51.8 Å². The lowest BCUT2D eigenvalue weighted by atomic mass is 9.45. The average Bonchev–Trinajstić information content (AvgIpc) is 3.01. The monoisotopic (exact) mass is 520 g/mol. The lowest BCUT2D eigenvalue weighted by Crippen LogP contribution is -2.69. The Morgan fingerprint density at radius 3 is 2.56 bits per heavy atom. The van der Waals surface area contributed by atoms with Crippen molar-refractivity contribution in [3.05, 3.63) is 23.8 Å². The molecule has 0 aromatic carbocycles. The molecule has 0 heterocycles. The van der Waals surface area contributed by atoms with Gasteiger partial charge in [-0.1, -0.05) is 39.3 Å². The number of Topliss-reactive ketones (excluding diaryl/α,β-unsaturated/α-hetero) is 1. The zero-order valence-corrected chi connectivity index (χ0v) is 22.5. The van der Waals surface area contributed by atoms with Crippen LogP contribution in [0.2, 0.25) is 0 Å². The Morgan fingerprint density at radius 2 is 1.92 bits per heavy atom. The molecule has 3 fully saturated rings. The van der Waals surface area contributed by atoms with Gasteiger partial charge in [-0.05, 0) is 56.1 Å². The molecule has 0 spiro atoms. The van der Waals surface area contributed by atoms with Gasteiger partial charge in [0.1, 0.15) is 0 Å². The molecule has 8 heteroatoms. The second kappa shape index (κ2) is 9.09. The summed E-state index contributed by atoms with van der Waals surface area (Å²) in [6, 6.07) is 0. The molecule has 3 saturated carbocycles. The fourth-order valence-electron chi connectivity index (χ4n) is 8.16. The summed E-state index contributed by atoms with van der Waals surface area (Å²) >= 11 is 7.47. The summed E-state index contributed by atoms with van der Waals surface area (Å²) in [5.41, 5.74) is -2.27. The Kier molecular flexibility index (Phi) is 6.83. The van der Waals surface area contributed by atoms with Crippen LogP contribution in [-0.2, 0) is 28.7 Å². The van der Waals surface area contributed by atoms with E-state index in [9.17, 15) is 24.3 Å². The predicted octanol–water partition coefficient (Wildman–Crippen LogP) is 4.09. The second-order valence-electron chi connectivity index (χ2n) is 11.6. The molecule has 0 aliphatic heterocycles. The molecule has 1 N–H and O–H groups in total. The van der Waals surface area contributed by atoms with Crippen molar-refractivity contribution in [2.24, 2.45) is 28.6 Å². The van der Waals surface area contributed by atoms with E-state index in [0.717, 1.165) is 5.57 Å². The Hall–Kier alpha value is -1.99. The molecule has 4 rings (SSSR count). The molecule has 0 saturated heterocycles. The van der Waals surface area contributed by atoms with Crippen LogP contribution < -0.4 is 0 Å². The first kappa shape index (κ1) is 27.1. The standard InChI is InChI=1S/C28H37ClO7/c1-6-7-24(34)35-15-23(33)28(36-17(3)30)16(2)12-21-20-9-8-18-13-19(31)10-11-25(18,4)27(20,29)22(32)14-26(21,28)5/h10-11,13,16,20-22,32H,6-9,12,14-15H2,1-5H3/t16?,20-,21-,22?,25-,26-,27-,28-/m0/s1. The van der Waals surface area contributed by atoms with Gasteiger partial charge in [-0.3, -0.25) is 19.2 Å². The van der Waals surface area contributed by atoms with E-state index >= 15 is 0 Å². The van der Waals surface area contributed by atoms with Gasteiger partial charge < -0.3 is 14.6 Å². The number of carbonyl (C=O) groups is 4. The normalized spacial score (nSPS) is 43.1. The number of fused-ring (bicyclic) bond motifs is 5. The van der Waals surface area contributed by atoms with Crippen molar-refractivity contribution in [2.75, 3.05) is 6.61 Å². The quantitative estimate of drug-likeness (QED) is 0.415. The van der Waals surface area contributed by atoms with Gasteiger partial charge in [0.05, 0.1) is 11.0 Å². The van der Waals surface area contributed by atoms with Crippen LogP contribution in [0.15, 0.2) is 23.8 Å². The van der Waals surface area contributed by atoms with Crippen molar-refractivity contribution in [3.63, 3.8) is 0 Å². The highest BCUT2D eigenvalue weighted by Crippen LogP contribution is 2.72. The molecule has 7 nitrogen and oxygen atoms in total. The minimum Gasteiger partial charge on any atom is -0.457 e. The molecule has 0 bridgehead atoms. The number of hydrogen-bond acceptors (Lipinski definition) is 7. The zero-order chi connectivity index (χ0) is 26.7. The maximum atomic E-state index is 13.8. The van der Waals surface area contributed by atoms with E-state index in [1.807, 2.05) is 33.8 Å². The largest absolute Gasteiger partial charge is 0.457 e. The van der Waals surface area contributed by atoms with Crippen molar-refractivity contribution < 1.29 is 33.8 Å². The number of alkyl halides is 1. The van der Waals surface area contributed by atoms with Gasteiger partial charge in [-0.15, -0.1) is 11.6 Å². The number of allylic oxidation sites excluding steroid dienone is 4. The van der Waals surface area contributed by atoms with Crippen molar-refractivity contribution in [1.29, 1.82) is 0 Å². The number of ketones is 2. The molecular weight excluding hydrogens is 484 g/mol. The molecule has 4 aliphatic carbocycles. The summed E-state index contributed by atoms with van der Waals surface area (Å²) in [7, 11) is 0. The molecule has 2 unspecified atom stereocenters. The third-order valence-electron chi connectivity index (χ3n) is 9.72. The number of rotatable bonds is 6. The third kappa shape index (κ3) is 3.56. The topological polar surface area (TPSA) is 107 Å². The molecular formula is C28H37ClO7. The van der Waals surface area contributed by atoms with Crippen LogP contribution >= 0.6 is 11.6 Å². The van der Waals surface area contributed by atoms with Gasteiger partial charge in [0.2, 0.25) is 5.78 Å². The number of carbonyl (C=O) groups excluding carboxylic acids is 4. The molecule has 4 aliphatic rings. The summed E-state index contributed by atoms with van der Waals surface area (Å²) in [4.78, 5) is 49.3. The van der Waals surface area contributed by atoms with Crippen LogP contribution in [0.1, 0.15) is 73.1 Å². The summed E-state index contributed by atoms with van der Waals surface area (Å²) in [5.74, 6) is -2.30. The first-order chi connectivity index (χ1) is 16.8. The highest BCUT2D eigenvalue weighted by Gasteiger charge is 2.76. The van der Waals surface area contributed by atoms with Crippen molar-refractivity contribution in [2.45, 2.75) is 89.7 Å². The Bertz CT molecular complexity index is 1050. The van der Waals surface area contributed by atoms with Gasteiger partial charge in [-0.2, -0.15) is 0 Å². The maximum absolute atomic E-state index is 13.8. The summed E-state index contributed by atoms with van der Waals surface area (Å²) in [6.07, 6.45) is 6.74. The number of hydrogen-bond donors (Lipinski definition) is 1. The van der Waals surface area contributed by atoms with E-state index in [1.165, 1.54) is 13.0 Å². The number of halogens is 1. The second-order valence-corrected chi connectivity index (χ2v) is 12.2. The third-order valence-corrected chi connectivity index (χ3v) is 10.6. The van der Waals surface area contributed by atoms with Gasteiger partial charge in [0, 0.05) is 30.1 Å². The molecule has 0 radical (unpaired) electrons. The van der Waals surface area contributed by atoms with Crippen LogP contribution in [0.4, 0.5) is 0 Å². The van der Waals surface area contributed by atoms with Gasteiger partial charge >= 0.3 is 11.9 Å². The van der Waals surface area contributed by atoms with Crippen molar-refractivity contribution in [3.8, 4) is 0 Å². The Morgan fingerprint density at radius 1 is 1.22 bits per heavy atom. The highest BCUT2D eigenvalue weighted by molar-refractivity contribution is 6.26. The van der Waals surface area contributed by atoms with E-state index in [-0.39, 0.29) is 36.4 Å². The molecule has 198 valence electrons. The van der Waals surface area contributed by atoms with Gasteiger partial charge in [-0.25, -0.2) is 0 Å². The number of aliphatic hydroxyl groups is 1. The molecule has 8 atom stereocenters. The van der Waals surface area contributed by atoms with E-state index in [4.69, 9.17) is 21.1 Å². The first-order valence-corrected chi connectivity index (χ1v) is 13.4. The number of esters is 2. The zero-order valence-electron chi connectivity index (χ0n) is 21.8. The predicted molar refractivity (Wildman–Crippen MR) is 133 cm³/mol. The minimum atomic E-state index is -1.55. The van der Waals surface area contributed by atoms with E-state index < -0.39 is 51.7 Å². The Labute approximate surface area is 217 Å². The highest BCUT2D eigenvalue weighted by atomic mass is 35.5. The fraction of sp³-hybridized carbons (Fsp3) is 0.714.